The van der Waals surface area contributed by atoms with Crippen LogP contribution in [-0.2, 0) is 23.8 Å². The lowest BCUT2D eigenvalue weighted by atomic mass is 10.0. The average Bonchev–Trinajstić information content (AvgIpc) is 2.31. The second-order valence-corrected chi connectivity index (χ2v) is 3.60. The van der Waals surface area contributed by atoms with Gasteiger partial charge < -0.3 is 19.5 Å². The van der Waals surface area contributed by atoms with Crippen molar-refractivity contribution >= 4 is 11.9 Å². The molecule has 0 aliphatic carbocycles. The van der Waals surface area contributed by atoms with Gasteiger partial charge in [-0.05, 0) is 13.8 Å². The van der Waals surface area contributed by atoms with E-state index in [1.54, 1.807) is 13.8 Å². The van der Waals surface area contributed by atoms with Gasteiger partial charge in [0.1, 0.15) is 0 Å². The van der Waals surface area contributed by atoms with Crippen molar-refractivity contribution in [3.05, 3.63) is 0 Å². The van der Waals surface area contributed by atoms with Crippen molar-refractivity contribution in [2.75, 3.05) is 32.9 Å². The fourth-order valence-corrected chi connectivity index (χ4v) is 1.66. The summed E-state index contributed by atoms with van der Waals surface area (Å²) in [5, 5.41) is 3.07. The molecule has 1 aliphatic rings. The highest BCUT2D eigenvalue weighted by molar-refractivity contribution is 5.95. The molecule has 1 fully saturated rings. The normalized spacial score (nSPS) is 20.1. The third kappa shape index (κ3) is 3.98. The molecular weight excluding hydrogens is 226 g/mol. The zero-order valence-electron chi connectivity index (χ0n) is 10.2. The average molecular weight is 245 g/mol. The third-order valence-corrected chi connectivity index (χ3v) is 2.41. The maximum Gasteiger partial charge on any atom is 0.323 e. The number of carbonyl (C=O) groups excluding carboxylic acids is 2. The number of esters is 2. The summed E-state index contributed by atoms with van der Waals surface area (Å²) in [5.74, 6) is -2.16. The highest BCUT2D eigenvalue weighted by atomic mass is 16.6. The second-order valence-electron chi connectivity index (χ2n) is 3.60. The maximum atomic E-state index is 11.7. The van der Waals surface area contributed by atoms with E-state index < -0.39 is 24.0 Å². The van der Waals surface area contributed by atoms with Crippen molar-refractivity contribution < 1.29 is 23.8 Å². The summed E-state index contributed by atoms with van der Waals surface area (Å²) in [4.78, 5) is 23.5. The van der Waals surface area contributed by atoms with Gasteiger partial charge in [-0.25, -0.2) is 0 Å². The van der Waals surface area contributed by atoms with Gasteiger partial charge in [0, 0.05) is 13.1 Å². The number of carbonyl (C=O) groups is 2. The Kier molecular flexibility index (Phi) is 5.93. The highest BCUT2D eigenvalue weighted by Gasteiger charge is 2.39. The molecule has 17 heavy (non-hydrogen) atoms. The lowest BCUT2D eigenvalue weighted by Gasteiger charge is -2.28. The molecule has 6 heteroatoms. The van der Waals surface area contributed by atoms with Crippen LogP contribution in [0, 0.1) is 5.92 Å². The van der Waals surface area contributed by atoms with Crippen molar-refractivity contribution in [3.8, 4) is 0 Å². The number of rotatable bonds is 5. The molecule has 0 radical (unpaired) electrons. The largest absolute Gasteiger partial charge is 0.465 e. The molecule has 98 valence electrons. The number of nitrogens with one attached hydrogen (secondary N) is 1. The van der Waals surface area contributed by atoms with Crippen molar-refractivity contribution in [3.63, 3.8) is 0 Å². The quantitative estimate of drug-likeness (QED) is 0.530. The molecular formula is C11H19NO5. The molecule has 1 saturated heterocycles. The molecule has 0 aromatic rings. The fraction of sp³-hybridized carbons (Fsp3) is 0.818. The highest BCUT2D eigenvalue weighted by Crippen LogP contribution is 2.14. The molecule has 0 bridgehead atoms. The smallest absolute Gasteiger partial charge is 0.323 e. The van der Waals surface area contributed by atoms with E-state index in [4.69, 9.17) is 14.2 Å². The lowest BCUT2D eigenvalue weighted by Crippen LogP contribution is -2.48. The molecule has 1 rings (SSSR count). The molecule has 0 amide bonds. The minimum absolute atomic E-state index is 0.231. The Morgan fingerprint density at radius 2 is 1.88 bits per heavy atom. The van der Waals surface area contributed by atoms with Gasteiger partial charge in [-0.3, -0.25) is 9.59 Å². The predicted octanol–water partition coefficient (Wildman–Crippen LogP) is -0.283. The van der Waals surface area contributed by atoms with Gasteiger partial charge in [-0.15, -0.1) is 0 Å². The van der Waals surface area contributed by atoms with Crippen LogP contribution in [0.15, 0.2) is 0 Å². The van der Waals surface area contributed by atoms with Crippen molar-refractivity contribution in [1.29, 1.82) is 0 Å². The van der Waals surface area contributed by atoms with Crippen LogP contribution in [0.3, 0.4) is 0 Å². The molecule has 0 aromatic heterocycles. The van der Waals surface area contributed by atoms with Gasteiger partial charge in [0.2, 0.25) is 0 Å². The SMILES string of the molecule is CCOC(=O)C(C(=O)OCC)C1CNCCO1. The van der Waals surface area contributed by atoms with Gasteiger partial charge >= 0.3 is 11.9 Å². The monoisotopic (exact) mass is 245 g/mol. The topological polar surface area (TPSA) is 73.9 Å². The van der Waals surface area contributed by atoms with E-state index in [1.165, 1.54) is 0 Å². The van der Waals surface area contributed by atoms with Crippen LogP contribution in [0.5, 0.6) is 0 Å². The van der Waals surface area contributed by atoms with Crippen LogP contribution in [-0.4, -0.2) is 51.0 Å². The van der Waals surface area contributed by atoms with Crippen LogP contribution in [0.25, 0.3) is 0 Å². The first-order chi connectivity index (χ1) is 8.20. The Hall–Kier alpha value is -1.14. The molecule has 1 heterocycles. The van der Waals surface area contributed by atoms with E-state index in [0.29, 0.717) is 13.2 Å². The summed E-state index contributed by atoms with van der Waals surface area (Å²) in [7, 11) is 0. The number of hydrogen-bond donors (Lipinski definition) is 1. The fourth-order valence-electron chi connectivity index (χ4n) is 1.66. The van der Waals surface area contributed by atoms with Crippen LogP contribution in [0.4, 0.5) is 0 Å². The molecule has 6 nitrogen and oxygen atoms in total. The van der Waals surface area contributed by atoms with Crippen LogP contribution < -0.4 is 5.32 Å². The Balaban J connectivity index is 2.69. The molecule has 0 saturated carbocycles. The molecule has 1 unspecified atom stereocenters. The summed E-state index contributed by atoms with van der Waals surface area (Å²) >= 11 is 0. The van der Waals surface area contributed by atoms with Gasteiger partial charge in [0.25, 0.3) is 0 Å². The van der Waals surface area contributed by atoms with Crippen LogP contribution >= 0.6 is 0 Å². The van der Waals surface area contributed by atoms with Gasteiger partial charge in [0.15, 0.2) is 5.92 Å². The van der Waals surface area contributed by atoms with Crippen molar-refractivity contribution in [2.24, 2.45) is 5.92 Å². The molecule has 0 aromatic carbocycles. The zero-order chi connectivity index (χ0) is 12.7. The molecule has 1 atom stereocenters. The number of hydrogen-bond acceptors (Lipinski definition) is 6. The maximum absolute atomic E-state index is 11.7. The number of ether oxygens (including phenoxy) is 3. The van der Waals surface area contributed by atoms with E-state index in [0.717, 1.165) is 6.54 Å². The van der Waals surface area contributed by atoms with E-state index in [2.05, 4.69) is 5.32 Å². The van der Waals surface area contributed by atoms with E-state index in [-0.39, 0.29) is 13.2 Å². The summed E-state index contributed by atoms with van der Waals surface area (Å²) < 4.78 is 15.2. The first-order valence-electron chi connectivity index (χ1n) is 5.86. The lowest BCUT2D eigenvalue weighted by molar-refractivity contribution is -0.170. The van der Waals surface area contributed by atoms with Crippen LogP contribution in [0.2, 0.25) is 0 Å². The summed E-state index contributed by atoms with van der Waals surface area (Å²) in [6.45, 7) is 5.49. The third-order valence-electron chi connectivity index (χ3n) is 2.41. The minimum Gasteiger partial charge on any atom is -0.465 e. The van der Waals surface area contributed by atoms with Gasteiger partial charge in [-0.1, -0.05) is 0 Å². The van der Waals surface area contributed by atoms with Crippen molar-refractivity contribution in [1.82, 2.24) is 5.32 Å². The molecule has 1 N–H and O–H groups in total. The van der Waals surface area contributed by atoms with Crippen molar-refractivity contribution in [2.45, 2.75) is 20.0 Å². The first kappa shape index (κ1) is 13.9. The Bertz CT molecular complexity index is 245. The van der Waals surface area contributed by atoms with E-state index in [1.807, 2.05) is 0 Å². The van der Waals surface area contributed by atoms with Gasteiger partial charge in [-0.2, -0.15) is 0 Å². The number of morpholine rings is 1. The second kappa shape index (κ2) is 7.24. The van der Waals surface area contributed by atoms with E-state index in [9.17, 15) is 9.59 Å². The van der Waals surface area contributed by atoms with Gasteiger partial charge in [0.05, 0.1) is 25.9 Å². The predicted molar refractivity (Wildman–Crippen MR) is 59.4 cm³/mol. The minimum atomic E-state index is -0.998. The summed E-state index contributed by atoms with van der Waals surface area (Å²) in [6, 6.07) is 0. The molecule has 1 aliphatic heterocycles. The Morgan fingerprint density at radius 3 is 2.29 bits per heavy atom. The zero-order valence-corrected chi connectivity index (χ0v) is 10.2. The summed E-state index contributed by atoms with van der Waals surface area (Å²) in [5.41, 5.74) is 0. The Morgan fingerprint density at radius 1 is 1.29 bits per heavy atom. The summed E-state index contributed by atoms with van der Waals surface area (Å²) in [6.07, 6.45) is -0.512. The Labute approximate surface area is 101 Å². The van der Waals surface area contributed by atoms with Crippen LogP contribution in [0.1, 0.15) is 13.8 Å². The molecule has 0 spiro atoms. The van der Waals surface area contributed by atoms with E-state index >= 15 is 0 Å². The standard InChI is InChI=1S/C11H19NO5/c1-3-15-10(13)9(11(14)16-4-2)8-7-12-5-6-17-8/h8-9,12H,3-7H2,1-2H3. The first-order valence-corrected chi connectivity index (χ1v) is 5.86.